The monoisotopic (exact) mass is 879 g/mol. The highest BCUT2D eigenvalue weighted by atomic mass is 35.5. The van der Waals surface area contributed by atoms with Crippen LogP contribution in [0.25, 0.3) is 0 Å². The molecule has 1 saturated heterocycles. The van der Waals surface area contributed by atoms with Crippen LogP contribution < -0.4 is 19.7 Å². The number of sulfonamides is 1. The first-order chi connectivity index (χ1) is 29.5. The van der Waals surface area contributed by atoms with Crippen LogP contribution in [-0.2, 0) is 35.6 Å². The van der Waals surface area contributed by atoms with Crippen molar-refractivity contribution in [2.45, 2.75) is 23.6 Å². The van der Waals surface area contributed by atoms with Crippen molar-refractivity contribution in [2.24, 2.45) is 0 Å². The molecule has 13 nitrogen and oxygen atoms in total. The minimum Gasteiger partial charge on any atom is -0.404 e. The number of fused-ring (bicyclic) bond motifs is 1. The van der Waals surface area contributed by atoms with Crippen LogP contribution in [0.15, 0.2) is 71.6 Å². The Morgan fingerprint density at radius 2 is 1.43 bits per heavy atom. The van der Waals surface area contributed by atoms with Gasteiger partial charge in [-0.3, -0.25) is 24.0 Å². The highest BCUT2D eigenvalue weighted by Crippen LogP contribution is 2.33. The predicted octanol–water partition coefficient (Wildman–Crippen LogP) is 7.33. The van der Waals surface area contributed by atoms with Crippen LogP contribution in [0.4, 0.5) is 21.9 Å². The maximum Gasteiger partial charge on any atom is 0.330 e. The Kier molecular flexibility index (Phi) is 14.8. The summed E-state index contributed by atoms with van der Waals surface area (Å²) in [5.41, 5.74) is 1.06. The van der Waals surface area contributed by atoms with Crippen LogP contribution in [0.5, 0.6) is 5.75 Å². The van der Waals surface area contributed by atoms with Crippen LogP contribution >= 0.6 is 11.6 Å². The number of anilines is 3. The van der Waals surface area contributed by atoms with Gasteiger partial charge in [0.1, 0.15) is 6.11 Å². The number of benzene rings is 3. The van der Waals surface area contributed by atoms with Crippen LogP contribution in [-0.4, -0.2) is 74.9 Å². The number of carbonyl (C=O) groups excluding carboxylic acids is 4. The van der Waals surface area contributed by atoms with Gasteiger partial charge in [0.2, 0.25) is 6.23 Å². The number of hydrogen-bond acceptors (Lipinski definition) is 8. The molecule has 1 fully saturated rings. The molecule has 332 valence electrons. The largest absolute Gasteiger partial charge is 0.404 e. The zero-order valence-corrected chi connectivity index (χ0v) is 33.5. The fourth-order valence-electron chi connectivity index (χ4n) is 5.56. The van der Waals surface area contributed by atoms with Crippen LogP contribution in [0, 0.1) is 107 Å². The maximum absolute atomic E-state index is 14.4. The molecule has 2 N–H and O–H groups in total. The maximum atomic E-state index is 14.4. The first kappa shape index (κ1) is 43.5. The second-order valence-electron chi connectivity index (χ2n) is 11.9. The Labute approximate surface area is 384 Å². The van der Waals surface area contributed by atoms with E-state index in [0.717, 1.165) is 22.6 Å². The first-order valence-corrected chi connectivity index (χ1v) is 19.2. The quantitative estimate of drug-likeness (QED) is 0.129. The number of rotatable bonds is 9. The molecule has 2 heterocycles. The van der Waals surface area contributed by atoms with Crippen molar-refractivity contribution >= 4 is 62.4 Å². The minimum atomic E-state index is -4.37. The molecule has 2 aliphatic rings. The van der Waals surface area contributed by atoms with E-state index in [1.165, 1.54) is 37.3 Å². The predicted molar refractivity (Wildman–Crippen MR) is 264 cm³/mol. The minimum absolute atomic E-state index is 0. The Balaban J connectivity index is -0.000000196. The zero-order chi connectivity index (χ0) is 43.8. The summed E-state index contributed by atoms with van der Waals surface area (Å²) in [6.45, 7) is 0.149. The van der Waals surface area contributed by atoms with Gasteiger partial charge in [0.15, 0.2) is 11.8 Å². The van der Waals surface area contributed by atoms with Crippen molar-refractivity contribution in [3.8, 4) is 113 Å². The summed E-state index contributed by atoms with van der Waals surface area (Å²) < 4.78 is 40.3. The number of amides is 5. The fourth-order valence-corrected chi connectivity index (χ4v) is 6.90. The van der Waals surface area contributed by atoms with Gasteiger partial charge in [0.25, 0.3) is 27.7 Å². The van der Waals surface area contributed by atoms with E-state index in [1.807, 2.05) is 6.07 Å². The number of hydrogen-bond donors (Lipinski definition) is 2. The Morgan fingerprint density at radius 1 is 0.836 bits per heavy atom. The summed E-state index contributed by atoms with van der Waals surface area (Å²) in [5.74, 6) is 35.3. The average Bonchev–Trinajstić information content (AvgIpc) is 3.77. The summed E-state index contributed by atoms with van der Waals surface area (Å²) in [4.78, 5) is 58.1. The van der Waals surface area contributed by atoms with Crippen LogP contribution in [0.3, 0.4) is 0 Å². The SMILES string of the molecule is C#CC#CC#CC#CC#CC#CC#CC#CC#COc1ccc(S(=O)(=O)Nc2ccccc2Cl)cc1NC(=O)C(C(=O)N1CCc2ccccc21)N1C(=O)C(OC)N(C)C1=O.[HH].[HH].[HH].[HH].[HH].[HH].[HH].[HH].[HH].[HH].[HH].[HH].[HH].[HH].[HH].[HH].[HH].[HH]. The second kappa shape index (κ2) is 20.7. The topological polar surface area (TPSA) is 155 Å². The molecule has 0 spiro atoms. The number of ether oxygens (including phenoxy) is 2. The van der Waals surface area contributed by atoms with Gasteiger partial charge in [0, 0.05) is 99.4 Å². The number of halogens is 1. The van der Waals surface area contributed by atoms with E-state index < -0.39 is 46.0 Å². The van der Waals surface area contributed by atoms with Crippen molar-refractivity contribution in [3.05, 3.63) is 77.3 Å². The average molecular weight is 881 g/mol. The highest BCUT2D eigenvalue weighted by molar-refractivity contribution is 7.92. The van der Waals surface area contributed by atoms with Gasteiger partial charge in [0.05, 0.1) is 21.3 Å². The smallest absolute Gasteiger partial charge is 0.330 e. The molecule has 2 atom stereocenters. The molecule has 0 radical (unpaired) electrons. The summed E-state index contributed by atoms with van der Waals surface area (Å²) in [6, 6.07) is 13.4. The molecule has 5 amide bonds. The van der Waals surface area contributed by atoms with Gasteiger partial charge >= 0.3 is 6.03 Å². The second-order valence-corrected chi connectivity index (χ2v) is 14.0. The van der Waals surface area contributed by atoms with E-state index in [1.54, 1.807) is 30.3 Å². The number of carbonyl (C=O) groups is 4. The van der Waals surface area contributed by atoms with E-state index in [2.05, 4.69) is 111 Å². The third-order valence-corrected chi connectivity index (χ3v) is 9.91. The van der Waals surface area contributed by atoms with Crippen molar-refractivity contribution in [1.29, 1.82) is 0 Å². The molecule has 0 aliphatic carbocycles. The van der Waals surface area contributed by atoms with Crippen LogP contribution in [0.1, 0.15) is 31.2 Å². The Bertz CT molecular complexity index is 3090. The third kappa shape index (κ3) is 10.9. The van der Waals surface area contributed by atoms with Crippen molar-refractivity contribution in [1.82, 2.24) is 9.80 Å². The summed E-state index contributed by atoms with van der Waals surface area (Å²) in [6.07, 6.45) is 6.31. The molecule has 0 bridgehead atoms. The summed E-state index contributed by atoms with van der Waals surface area (Å²) >= 11 is 6.20. The summed E-state index contributed by atoms with van der Waals surface area (Å²) in [5, 5.41) is 2.60. The molecule has 3 aromatic rings. The lowest BCUT2D eigenvalue weighted by Gasteiger charge is -2.28. The fraction of sp³-hybridized carbons (Fsp3) is 0.130. The van der Waals surface area contributed by atoms with Gasteiger partial charge in [-0.1, -0.05) is 41.9 Å². The lowest BCUT2D eigenvalue weighted by molar-refractivity contribution is -0.146. The molecule has 2 aliphatic heterocycles. The molecule has 2 unspecified atom stereocenters. The molecule has 3 aromatic carbocycles. The number of para-hydroxylation sites is 2. The number of nitrogens with one attached hydrogen (secondary N) is 2. The number of likely N-dealkylation sites (N-methyl/N-ethyl adjacent to an activating group) is 1. The molecular weight excluding hydrogens is 818 g/mol. The summed E-state index contributed by atoms with van der Waals surface area (Å²) in [7, 11) is -1.90. The van der Waals surface area contributed by atoms with Gasteiger partial charge in [-0.05, 0) is 95.7 Å². The van der Waals surface area contributed by atoms with E-state index in [0.29, 0.717) is 17.0 Å². The van der Waals surface area contributed by atoms with Crippen molar-refractivity contribution in [2.75, 3.05) is 35.6 Å². The van der Waals surface area contributed by atoms with Gasteiger partial charge < -0.3 is 19.7 Å². The van der Waals surface area contributed by atoms with Crippen molar-refractivity contribution in [3.63, 3.8) is 0 Å². The Morgan fingerprint density at radius 3 is 2.03 bits per heavy atom. The first-order valence-electron chi connectivity index (χ1n) is 17.3. The number of nitrogens with zero attached hydrogens (tertiary/aromatic N) is 3. The molecule has 0 aromatic heterocycles. The number of urea groups is 1. The standard InChI is InChI=1S/C46H26ClN5O8S.18H2/c1-4-5-6-7-8-9-10-11-12-13-14-15-16-17-18-23-32-60-40-29-28-35(61(57,58)49-37-26-21-20-25-36(37)47)33-38(40)48-42(53)41(52-44(55)45(59-3)50(2)46(52)56)43(54)51-31-30-34-24-19-22-27-39(34)51;;;;;;;;;;;;;;;;;;/h1,19-22,24-29,33,41,45,49H,30-31H2,2-3H3,(H,48,53);18*1H. The van der Waals surface area contributed by atoms with E-state index in [4.69, 9.17) is 27.5 Å². The Hall–Kier alpha value is -8.62. The van der Waals surface area contributed by atoms with Crippen LogP contribution in [0.2, 0.25) is 5.02 Å². The number of methoxy groups -OCH3 is 1. The molecule has 15 heteroatoms. The van der Waals surface area contributed by atoms with E-state index in [9.17, 15) is 27.6 Å². The lowest BCUT2D eigenvalue weighted by atomic mass is 10.1. The normalized spacial score (nSPS) is 13.3. The third-order valence-electron chi connectivity index (χ3n) is 8.22. The molecule has 0 saturated carbocycles. The van der Waals surface area contributed by atoms with E-state index >= 15 is 0 Å². The molecule has 5 rings (SSSR count). The van der Waals surface area contributed by atoms with E-state index in [-0.39, 0.29) is 59.3 Å². The molecule has 61 heavy (non-hydrogen) atoms. The van der Waals surface area contributed by atoms with Gasteiger partial charge in [-0.25, -0.2) is 18.1 Å². The lowest BCUT2D eigenvalue weighted by Crippen LogP contribution is -2.57. The number of terminal acetylenes is 1. The zero-order valence-electron chi connectivity index (χ0n) is 31.9. The van der Waals surface area contributed by atoms with Crippen molar-refractivity contribution < 1.29 is 62.7 Å². The van der Waals surface area contributed by atoms with Gasteiger partial charge in [-0.15, -0.1) is 6.42 Å². The van der Waals surface area contributed by atoms with Gasteiger partial charge in [-0.2, -0.15) is 0 Å². The highest BCUT2D eigenvalue weighted by Gasteiger charge is 2.53. The number of imide groups is 1. The molecular formula is C46H62ClN5O8S.